The van der Waals surface area contributed by atoms with Crippen molar-refractivity contribution in [2.45, 2.75) is 12.8 Å². The molecule has 16 heavy (non-hydrogen) atoms. The molecule has 1 aromatic heterocycles. The van der Waals surface area contributed by atoms with Crippen molar-refractivity contribution in [2.24, 2.45) is 0 Å². The van der Waals surface area contributed by atoms with E-state index in [4.69, 9.17) is 9.47 Å². The predicted octanol–water partition coefficient (Wildman–Crippen LogP) is 0.770. The number of aromatic nitrogens is 2. The van der Waals surface area contributed by atoms with Crippen LogP contribution in [0, 0.1) is 0 Å². The molecule has 0 aliphatic rings. The second-order valence-electron chi connectivity index (χ2n) is 3.06. The third kappa shape index (κ3) is 2.59. The van der Waals surface area contributed by atoms with E-state index in [0.29, 0.717) is 17.6 Å². The van der Waals surface area contributed by atoms with Gasteiger partial charge in [0, 0.05) is 0 Å². The summed E-state index contributed by atoms with van der Waals surface area (Å²) in [5, 5.41) is 0. The third-order valence-electron chi connectivity index (χ3n) is 2.06. The van der Waals surface area contributed by atoms with Crippen LogP contribution in [0.25, 0.3) is 0 Å². The van der Waals surface area contributed by atoms with Crippen LogP contribution in [0.5, 0.6) is 11.8 Å². The quantitative estimate of drug-likeness (QED) is 0.706. The van der Waals surface area contributed by atoms with E-state index in [1.165, 1.54) is 27.4 Å². The summed E-state index contributed by atoms with van der Waals surface area (Å²) in [6, 6.07) is 1.54. The first-order valence-corrected chi connectivity index (χ1v) is 4.67. The van der Waals surface area contributed by atoms with Gasteiger partial charge < -0.3 is 14.2 Å². The van der Waals surface area contributed by atoms with Crippen LogP contribution in [0.4, 0.5) is 0 Å². The molecule has 0 radical (unpaired) electrons. The highest BCUT2D eigenvalue weighted by Crippen LogP contribution is 2.20. The molecule has 0 bridgehead atoms. The minimum atomic E-state index is -0.561. The molecule has 0 aromatic carbocycles. The van der Waals surface area contributed by atoms with E-state index in [2.05, 4.69) is 14.7 Å². The zero-order chi connectivity index (χ0) is 12.1. The van der Waals surface area contributed by atoms with Crippen LogP contribution in [-0.2, 0) is 9.53 Å². The van der Waals surface area contributed by atoms with Crippen LogP contribution in [-0.4, -0.2) is 37.3 Å². The van der Waals surface area contributed by atoms with Crippen LogP contribution in [0.15, 0.2) is 6.07 Å². The van der Waals surface area contributed by atoms with Gasteiger partial charge in [0.2, 0.25) is 11.8 Å². The zero-order valence-corrected chi connectivity index (χ0v) is 9.68. The molecule has 0 amide bonds. The average Bonchev–Trinajstić information content (AvgIpc) is 2.35. The molecule has 88 valence electrons. The molecule has 0 unspecified atom stereocenters. The number of esters is 1. The Balaban J connectivity index is 3.07. The maximum absolute atomic E-state index is 11.3. The lowest BCUT2D eigenvalue weighted by molar-refractivity contribution is -0.142. The van der Waals surface area contributed by atoms with E-state index in [9.17, 15) is 4.79 Å². The molecular formula is C10H14N2O4. The van der Waals surface area contributed by atoms with Gasteiger partial charge in [0.05, 0.1) is 27.4 Å². The van der Waals surface area contributed by atoms with Crippen molar-refractivity contribution in [1.82, 2.24) is 9.97 Å². The lowest BCUT2D eigenvalue weighted by Crippen LogP contribution is -2.14. The predicted molar refractivity (Wildman–Crippen MR) is 55.6 cm³/mol. The van der Waals surface area contributed by atoms with E-state index >= 15 is 0 Å². The number of rotatable bonds is 4. The Bertz CT molecular complexity index is 359. The molecule has 0 fully saturated rings. The van der Waals surface area contributed by atoms with Crippen LogP contribution in [0.3, 0.4) is 0 Å². The Kier molecular flexibility index (Phi) is 4.04. The second-order valence-corrected chi connectivity index (χ2v) is 3.06. The van der Waals surface area contributed by atoms with Crippen molar-refractivity contribution in [3.63, 3.8) is 0 Å². The van der Waals surface area contributed by atoms with Gasteiger partial charge in [0.15, 0.2) is 0 Å². The van der Waals surface area contributed by atoms with Crippen molar-refractivity contribution < 1.29 is 19.0 Å². The fourth-order valence-electron chi connectivity index (χ4n) is 1.11. The van der Waals surface area contributed by atoms with Gasteiger partial charge in [0.25, 0.3) is 0 Å². The molecule has 1 aromatic rings. The molecular weight excluding hydrogens is 212 g/mol. The molecule has 1 atom stereocenters. The standard InChI is InChI=1S/C10H14N2O4/c1-6(10(13)16-4)9-11-7(14-2)5-8(12-9)15-3/h5-6H,1-4H3/t6-/m1/s1. The molecule has 1 heterocycles. The molecule has 0 saturated carbocycles. The first kappa shape index (κ1) is 12.2. The minimum absolute atomic E-state index is 0.308. The Morgan fingerprint density at radius 1 is 1.19 bits per heavy atom. The summed E-state index contributed by atoms with van der Waals surface area (Å²) in [5.41, 5.74) is 0. The van der Waals surface area contributed by atoms with Crippen LogP contribution in [0.1, 0.15) is 18.7 Å². The molecule has 6 nitrogen and oxygen atoms in total. The maximum atomic E-state index is 11.3. The molecule has 6 heteroatoms. The Labute approximate surface area is 93.6 Å². The van der Waals surface area contributed by atoms with Crippen molar-refractivity contribution in [3.05, 3.63) is 11.9 Å². The summed E-state index contributed by atoms with van der Waals surface area (Å²) < 4.78 is 14.6. The van der Waals surface area contributed by atoms with Gasteiger partial charge in [-0.1, -0.05) is 0 Å². The van der Waals surface area contributed by atoms with Gasteiger partial charge in [-0.15, -0.1) is 0 Å². The van der Waals surface area contributed by atoms with E-state index in [1.807, 2.05) is 0 Å². The van der Waals surface area contributed by atoms with Gasteiger partial charge in [0.1, 0.15) is 11.7 Å². The number of hydrogen-bond donors (Lipinski definition) is 0. The number of ether oxygens (including phenoxy) is 3. The fraction of sp³-hybridized carbons (Fsp3) is 0.500. The summed E-state index contributed by atoms with van der Waals surface area (Å²) in [6.07, 6.45) is 0. The van der Waals surface area contributed by atoms with Gasteiger partial charge >= 0.3 is 5.97 Å². The normalized spacial score (nSPS) is 11.8. The number of nitrogens with zero attached hydrogens (tertiary/aromatic N) is 2. The molecule has 1 rings (SSSR count). The van der Waals surface area contributed by atoms with Gasteiger partial charge in [-0.25, -0.2) is 0 Å². The summed E-state index contributed by atoms with van der Waals surface area (Å²) in [7, 11) is 4.28. The fourth-order valence-corrected chi connectivity index (χ4v) is 1.11. The zero-order valence-electron chi connectivity index (χ0n) is 9.68. The van der Waals surface area contributed by atoms with E-state index in [-0.39, 0.29) is 0 Å². The highest BCUT2D eigenvalue weighted by molar-refractivity contribution is 5.76. The van der Waals surface area contributed by atoms with Gasteiger partial charge in [-0.2, -0.15) is 9.97 Å². The first-order valence-electron chi connectivity index (χ1n) is 4.67. The first-order chi connectivity index (χ1) is 7.62. The van der Waals surface area contributed by atoms with E-state index < -0.39 is 11.9 Å². The SMILES string of the molecule is COC(=O)[C@H](C)c1nc(OC)cc(OC)n1. The van der Waals surface area contributed by atoms with E-state index in [1.54, 1.807) is 6.92 Å². The molecule has 0 aliphatic carbocycles. The number of hydrogen-bond acceptors (Lipinski definition) is 6. The van der Waals surface area contributed by atoms with Crippen molar-refractivity contribution in [1.29, 1.82) is 0 Å². The van der Waals surface area contributed by atoms with Crippen molar-refractivity contribution in [3.8, 4) is 11.8 Å². The average molecular weight is 226 g/mol. The number of carbonyl (C=O) groups is 1. The number of carbonyl (C=O) groups excluding carboxylic acids is 1. The molecule has 0 N–H and O–H groups in total. The third-order valence-corrected chi connectivity index (χ3v) is 2.06. The maximum Gasteiger partial charge on any atom is 0.316 e. The van der Waals surface area contributed by atoms with E-state index in [0.717, 1.165) is 0 Å². The van der Waals surface area contributed by atoms with Crippen molar-refractivity contribution >= 4 is 5.97 Å². The van der Waals surface area contributed by atoms with Gasteiger partial charge in [-0.3, -0.25) is 4.79 Å². The Hall–Kier alpha value is -1.85. The monoisotopic (exact) mass is 226 g/mol. The highest BCUT2D eigenvalue weighted by Gasteiger charge is 2.20. The Morgan fingerprint density at radius 2 is 1.69 bits per heavy atom. The highest BCUT2D eigenvalue weighted by atomic mass is 16.5. The van der Waals surface area contributed by atoms with Crippen LogP contribution < -0.4 is 9.47 Å². The Morgan fingerprint density at radius 3 is 2.06 bits per heavy atom. The minimum Gasteiger partial charge on any atom is -0.481 e. The van der Waals surface area contributed by atoms with Crippen LogP contribution in [0.2, 0.25) is 0 Å². The smallest absolute Gasteiger partial charge is 0.316 e. The summed E-state index contributed by atoms with van der Waals surface area (Å²) in [5.74, 6) is 0.0302. The van der Waals surface area contributed by atoms with Crippen molar-refractivity contribution in [2.75, 3.05) is 21.3 Å². The van der Waals surface area contributed by atoms with Gasteiger partial charge in [-0.05, 0) is 6.92 Å². The molecule has 0 spiro atoms. The molecule has 0 aliphatic heterocycles. The second kappa shape index (κ2) is 5.29. The summed E-state index contributed by atoms with van der Waals surface area (Å²) >= 11 is 0. The van der Waals surface area contributed by atoms with Crippen LogP contribution >= 0.6 is 0 Å². The summed E-state index contributed by atoms with van der Waals surface area (Å²) in [6.45, 7) is 1.65. The molecule has 0 saturated heterocycles. The lowest BCUT2D eigenvalue weighted by Gasteiger charge is -2.10. The topological polar surface area (TPSA) is 70.5 Å². The lowest BCUT2D eigenvalue weighted by atomic mass is 10.2. The number of methoxy groups -OCH3 is 3. The summed E-state index contributed by atoms with van der Waals surface area (Å²) in [4.78, 5) is 19.4. The largest absolute Gasteiger partial charge is 0.481 e.